The van der Waals surface area contributed by atoms with Crippen LogP contribution < -0.4 is 0 Å². The Bertz CT molecular complexity index is 382. The zero-order chi connectivity index (χ0) is 11.5. The Hall–Kier alpha value is 0.207. The van der Waals surface area contributed by atoms with Crippen molar-refractivity contribution < 1.29 is 4.79 Å². The first-order valence-electron chi connectivity index (χ1n) is 5.74. The minimum absolute atomic E-state index is 0. The van der Waals surface area contributed by atoms with E-state index >= 15 is 0 Å². The summed E-state index contributed by atoms with van der Waals surface area (Å²) in [5.41, 5.74) is 2.61. The first-order chi connectivity index (χ1) is 7.68. The van der Waals surface area contributed by atoms with E-state index in [4.69, 9.17) is 11.6 Å². The van der Waals surface area contributed by atoms with Crippen molar-refractivity contribution in [2.75, 3.05) is 0 Å². The van der Waals surface area contributed by atoms with Crippen LogP contribution in [0.4, 0.5) is 0 Å². The number of hydrogen-bond acceptors (Lipinski definition) is 1. The fourth-order valence-electron chi connectivity index (χ4n) is 2.25. The van der Waals surface area contributed by atoms with Crippen molar-refractivity contribution in [3.8, 4) is 0 Å². The fraction of sp³-hybridized carbons (Fsp3) is 0.462. The van der Waals surface area contributed by atoms with Gasteiger partial charge in [0, 0.05) is 5.56 Å². The van der Waals surface area contributed by atoms with Crippen molar-refractivity contribution in [1.29, 1.82) is 0 Å². The van der Waals surface area contributed by atoms with Crippen LogP contribution in [0.3, 0.4) is 0 Å². The van der Waals surface area contributed by atoms with Crippen LogP contribution in [-0.4, -0.2) is 30.0 Å². The van der Waals surface area contributed by atoms with Crippen molar-refractivity contribution in [2.24, 2.45) is 0 Å². The first kappa shape index (κ1) is 15.3. The van der Waals surface area contributed by atoms with E-state index in [9.17, 15) is 4.79 Å². The van der Waals surface area contributed by atoms with Gasteiger partial charge in [-0.25, -0.2) is 0 Å². The van der Waals surface area contributed by atoms with Crippen molar-refractivity contribution in [3.63, 3.8) is 0 Å². The maximum absolute atomic E-state index is 12.2. The van der Waals surface area contributed by atoms with Gasteiger partial charge in [-0.3, -0.25) is 4.79 Å². The second kappa shape index (κ2) is 6.96. The summed E-state index contributed by atoms with van der Waals surface area (Å²) in [5.74, 6) is 0. The van der Waals surface area contributed by atoms with Crippen LogP contribution in [0, 0.1) is 6.92 Å². The van der Waals surface area contributed by atoms with Crippen molar-refractivity contribution >= 4 is 44.6 Å². The molecule has 0 amide bonds. The molecule has 1 fully saturated rings. The minimum atomic E-state index is 0. The Morgan fingerprint density at radius 2 is 2.00 bits per heavy atom. The van der Waals surface area contributed by atoms with Gasteiger partial charge in [-0.2, -0.15) is 0 Å². The van der Waals surface area contributed by atoms with Gasteiger partial charge in [0.2, 0.25) is 0 Å². The third kappa shape index (κ3) is 3.83. The molecule has 0 aromatic heterocycles. The van der Waals surface area contributed by atoms with E-state index in [1.165, 1.54) is 25.7 Å². The van der Waals surface area contributed by atoms with E-state index in [0.717, 1.165) is 11.1 Å². The standard InChI is InChI=1S/C13H16ClOP.Li.H/c1-9-5-4-8-11(14)12(9)13(15)16-10-6-2-3-7-10;;/h4-5,8,10,16H,2-3,6-7H2,1H3;;. The van der Waals surface area contributed by atoms with Crippen LogP contribution in [0.2, 0.25) is 5.02 Å². The van der Waals surface area contributed by atoms with E-state index in [-0.39, 0.29) is 24.4 Å². The second-order valence-corrected chi connectivity index (χ2v) is 6.35. The molecular weight excluding hydrogens is 246 g/mol. The summed E-state index contributed by atoms with van der Waals surface area (Å²) >= 11 is 6.09. The van der Waals surface area contributed by atoms with Crippen LogP contribution in [0.1, 0.15) is 41.6 Å². The molecule has 1 aliphatic carbocycles. The predicted octanol–water partition coefficient (Wildman–Crippen LogP) is 3.76. The Balaban J connectivity index is 0.00000144. The molecule has 0 aliphatic heterocycles. The molecule has 1 aliphatic rings. The van der Waals surface area contributed by atoms with Gasteiger partial charge in [0.15, 0.2) is 5.52 Å². The van der Waals surface area contributed by atoms with Gasteiger partial charge >= 0.3 is 18.9 Å². The molecule has 2 rings (SSSR count). The topological polar surface area (TPSA) is 17.1 Å². The Labute approximate surface area is 122 Å². The zero-order valence-corrected chi connectivity index (χ0v) is 11.2. The van der Waals surface area contributed by atoms with Crippen LogP contribution in [0.15, 0.2) is 18.2 Å². The molecule has 4 heteroatoms. The number of halogens is 1. The summed E-state index contributed by atoms with van der Waals surface area (Å²) in [4.78, 5) is 12.2. The fourth-order valence-corrected chi connectivity index (χ4v) is 4.18. The Kier molecular flexibility index (Phi) is 6.25. The van der Waals surface area contributed by atoms with E-state index in [1.54, 1.807) is 6.07 Å². The summed E-state index contributed by atoms with van der Waals surface area (Å²) in [7, 11) is 0.407. The third-order valence-corrected chi connectivity index (χ3v) is 4.95. The van der Waals surface area contributed by atoms with Gasteiger partial charge in [-0.15, -0.1) is 0 Å². The summed E-state index contributed by atoms with van der Waals surface area (Å²) in [6.07, 6.45) is 5.00. The van der Waals surface area contributed by atoms with E-state index in [1.807, 2.05) is 19.1 Å². The molecule has 0 bridgehead atoms. The average molecular weight is 263 g/mol. The summed E-state index contributed by atoms with van der Waals surface area (Å²) in [6.45, 7) is 1.96. The van der Waals surface area contributed by atoms with Crippen LogP contribution in [-0.2, 0) is 0 Å². The number of aryl methyl sites for hydroxylation is 1. The Morgan fingerprint density at radius 1 is 1.35 bits per heavy atom. The number of benzene rings is 1. The van der Waals surface area contributed by atoms with E-state index < -0.39 is 0 Å². The average Bonchev–Trinajstić information content (AvgIpc) is 2.70. The van der Waals surface area contributed by atoms with Crippen LogP contribution in [0.25, 0.3) is 0 Å². The molecule has 1 unspecified atom stereocenters. The molecule has 0 spiro atoms. The van der Waals surface area contributed by atoms with Gasteiger partial charge < -0.3 is 0 Å². The summed E-state index contributed by atoms with van der Waals surface area (Å²) in [6, 6.07) is 5.66. The molecular formula is C13H17ClLiOP. The molecule has 1 saturated carbocycles. The van der Waals surface area contributed by atoms with Gasteiger partial charge in [0.05, 0.1) is 5.02 Å². The number of carbonyl (C=O) groups excluding carboxylic acids is 1. The molecule has 17 heavy (non-hydrogen) atoms. The van der Waals surface area contributed by atoms with Crippen molar-refractivity contribution in [3.05, 3.63) is 34.3 Å². The SMILES string of the molecule is Cc1cccc(Cl)c1C(=O)PC1CCCC1.[LiH]. The van der Waals surface area contributed by atoms with Gasteiger partial charge in [0.25, 0.3) is 0 Å². The summed E-state index contributed by atoms with van der Waals surface area (Å²) < 4.78 is 0. The molecule has 0 saturated heterocycles. The quantitative estimate of drug-likeness (QED) is 0.599. The number of rotatable bonds is 3. The summed E-state index contributed by atoms with van der Waals surface area (Å²) in [5, 5.41) is 0.607. The molecule has 1 atom stereocenters. The normalized spacial score (nSPS) is 16.4. The van der Waals surface area contributed by atoms with Crippen LogP contribution >= 0.6 is 20.2 Å². The van der Waals surface area contributed by atoms with Crippen LogP contribution in [0.5, 0.6) is 0 Å². The molecule has 0 N–H and O–H groups in total. The van der Waals surface area contributed by atoms with E-state index in [0.29, 0.717) is 19.3 Å². The Morgan fingerprint density at radius 3 is 2.59 bits per heavy atom. The second-order valence-electron chi connectivity index (χ2n) is 4.39. The monoisotopic (exact) mass is 262 g/mol. The van der Waals surface area contributed by atoms with Gasteiger partial charge in [0.1, 0.15) is 0 Å². The molecule has 88 valence electrons. The van der Waals surface area contributed by atoms with Gasteiger partial charge in [-0.05, 0) is 45.6 Å². The molecule has 1 aromatic carbocycles. The zero-order valence-electron chi connectivity index (χ0n) is 9.42. The first-order valence-corrected chi connectivity index (χ1v) is 7.20. The number of hydrogen-bond donors (Lipinski definition) is 0. The third-order valence-electron chi connectivity index (χ3n) is 3.14. The molecule has 1 nitrogen and oxygen atoms in total. The molecule has 0 radical (unpaired) electrons. The molecule has 1 aromatic rings. The van der Waals surface area contributed by atoms with Crippen molar-refractivity contribution in [2.45, 2.75) is 38.3 Å². The molecule has 0 heterocycles. The predicted molar refractivity (Wildman–Crippen MR) is 78.2 cm³/mol. The van der Waals surface area contributed by atoms with Gasteiger partial charge in [-0.1, -0.05) is 36.6 Å². The van der Waals surface area contributed by atoms with Crippen molar-refractivity contribution in [1.82, 2.24) is 0 Å². The van der Waals surface area contributed by atoms with E-state index in [2.05, 4.69) is 0 Å². The number of carbonyl (C=O) groups is 1. The maximum atomic E-state index is 12.2.